The van der Waals surface area contributed by atoms with Crippen LogP contribution >= 0.6 is 15.9 Å². The first-order valence-corrected chi connectivity index (χ1v) is 11.9. The summed E-state index contributed by atoms with van der Waals surface area (Å²) < 4.78 is 17.5. The molecule has 1 aromatic rings. The highest BCUT2D eigenvalue weighted by Crippen LogP contribution is 2.36. The molecule has 1 heterocycles. The second-order valence-electron chi connectivity index (χ2n) is 8.47. The van der Waals surface area contributed by atoms with Crippen molar-refractivity contribution in [2.24, 2.45) is 0 Å². The summed E-state index contributed by atoms with van der Waals surface area (Å²) in [5.41, 5.74) is 0.462. The van der Waals surface area contributed by atoms with Gasteiger partial charge in [0.25, 0.3) is 5.91 Å². The van der Waals surface area contributed by atoms with Crippen LogP contribution in [0.25, 0.3) is 0 Å². The minimum Gasteiger partial charge on any atom is -0.490 e. The number of rotatable bonds is 10. The van der Waals surface area contributed by atoms with Crippen molar-refractivity contribution in [1.82, 2.24) is 9.80 Å². The standard InChI is InChI=1S/C23H35BrN2O6/c1-15(2)26(17-8-6-9-25(14-17)23(28)29)22(27)18-12-20(31-11-7-10-30-5)21(13-19(18)24)32-16(3)4/h12-13,15-17H,6-11,14H2,1-5H3,(H,28,29)/t17-/m1/s1. The number of benzene rings is 1. The Morgan fingerprint density at radius 1 is 1.22 bits per heavy atom. The Hall–Kier alpha value is -2.00. The molecule has 0 unspecified atom stereocenters. The molecule has 9 heteroatoms. The number of carboxylic acid groups (broad SMARTS) is 1. The van der Waals surface area contributed by atoms with Crippen LogP contribution in [-0.2, 0) is 4.74 Å². The number of piperidine rings is 1. The third kappa shape index (κ3) is 7.00. The molecule has 0 spiro atoms. The van der Waals surface area contributed by atoms with Gasteiger partial charge in [0.1, 0.15) is 0 Å². The van der Waals surface area contributed by atoms with Crippen LogP contribution in [0.2, 0.25) is 0 Å². The van der Waals surface area contributed by atoms with Crippen LogP contribution in [0.5, 0.6) is 11.5 Å². The van der Waals surface area contributed by atoms with E-state index < -0.39 is 6.09 Å². The van der Waals surface area contributed by atoms with Crippen LogP contribution in [0.4, 0.5) is 4.79 Å². The predicted molar refractivity (Wildman–Crippen MR) is 126 cm³/mol. The third-order valence-corrected chi connectivity index (χ3v) is 5.88. The zero-order valence-electron chi connectivity index (χ0n) is 19.6. The molecule has 1 fully saturated rings. The summed E-state index contributed by atoms with van der Waals surface area (Å²) in [6, 6.07) is 3.20. The molecule has 1 saturated heterocycles. The second kappa shape index (κ2) is 12.3. The van der Waals surface area contributed by atoms with Gasteiger partial charge in [-0.3, -0.25) is 4.79 Å². The lowest BCUT2D eigenvalue weighted by molar-refractivity contribution is 0.0448. The second-order valence-corrected chi connectivity index (χ2v) is 9.33. The van der Waals surface area contributed by atoms with E-state index in [1.165, 1.54) is 4.90 Å². The number of methoxy groups -OCH3 is 1. The van der Waals surface area contributed by atoms with Gasteiger partial charge in [-0.2, -0.15) is 0 Å². The van der Waals surface area contributed by atoms with Gasteiger partial charge in [0, 0.05) is 43.7 Å². The van der Waals surface area contributed by atoms with Crippen molar-refractivity contribution >= 4 is 27.9 Å². The Kier molecular flexibility index (Phi) is 10.1. The van der Waals surface area contributed by atoms with Gasteiger partial charge in [-0.25, -0.2) is 4.79 Å². The molecule has 1 aromatic carbocycles. The Balaban J connectivity index is 2.34. The van der Waals surface area contributed by atoms with Gasteiger partial charge in [-0.05, 0) is 68.6 Å². The minimum absolute atomic E-state index is 0.0545. The minimum atomic E-state index is -0.950. The van der Waals surface area contributed by atoms with Crippen molar-refractivity contribution < 1.29 is 28.9 Å². The Bertz CT molecular complexity index is 786. The van der Waals surface area contributed by atoms with E-state index in [1.807, 2.05) is 27.7 Å². The first-order chi connectivity index (χ1) is 15.1. The number of amides is 2. The first kappa shape index (κ1) is 26.3. The summed E-state index contributed by atoms with van der Waals surface area (Å²) in [5.74, 6) is 0.898. The van der Waals surface area contributed by atoms with E-state index in [4.69, 9.17) is 14.2 Å². The largest absolute Gasteiger partial charge is 0.490 e. The van der Waals surface area contributed by atoms with Crippen molar-refractivity contribution in [2.45, 2.75) is 65.1 Å². The third-order valence-electron chi connectivity index (χ3n) is 5.23. The van der Waals surface area contributed by atoms with Crippen LogP contribution in [0, 0.1) is 0 Å². The molecule has 2 amide bonds. The number of likely N-dealkylation sites (tertiary alicyclic amines) is 1. The monoisotopic (exact) mass is 514 g/mol. The number of nitrogens with zero attached hydrogens (tertiary/aromatic N) is 2. The van der Waals surface area contributed by atoms with Gasteiger partial charge >= 0.3 is 6.09 Å². The number of ether oxygens (including phenoxy) is 3. The topological polar surface area (TPSA) is 88.5 Å². The van der Waals surface area contributed by atoms with E-state index in [0.717, 1.165) is 12.8 Å². The lowest BCUT2D eigenvalue weighted by Crippen LogP contribution is -2.53. The lowest BCUT2D eigenvalue weighted by Gasteiger charge is -2.40. The summed E-state index contributed by atoms with van der Waals surface area (Å²) in [5, 5.41) is 9.41. The lowest BCUT2D eigenvalue weighted by atomic mass is 10.0. The van der Waals surface area contributed by atoms with Gasteiger partial charge in [0.2, 0.25) is 0 Å². The van der Waals surface area contributed by atoms with Gasteiger partial charge in [0.15, 0.2) is 11.5 Å². The maximum absolute atomic E-state index is 13.7. The van der Waals surface area contributed by atoms with E-state index in [9.17, 15) is 14.7 Å². The van der Waals surface area contributed by atoms with E-state index in [1.54, 1.807) is 24.1 Å². The van der Waals surface area contributed by atoms with Crippen molar-refractivity contribution in [3.63, 3.8) is 0 Å². The number of hydrogen-bond donors (Lipinski definition) is 1. The SMILES string of the molecule is COCCCOc1cc(C(=O)N(C(C)C)[C@@H]2CCCN(C(=O)O)C2)c(Br)cc1OC(C)C. The van der Waals surface area contributed by atoms with Crippen LogP contribution < -0.4 is 9.47 Å². The fraction of sp³-hybridized carbons (Fsp3) is 0.652. The van der Waals surface area contributed by atoms with E-state index >= 15 is 0 Å². The van der Waals surface area contributed by atoms with Crippen LogP contribution in [0.15, 0.2) is 16.6 Å². The quantitative estimate of drug-likeness (QED) is 0.457. The molecule has 32 heavy (non-hydrogen) atoms. The summed E-state index contributed by atoms with van der Waals surface area (Å²) in [6.45, 7) is 9.57. The average molecular weight is 515 g/mol. The van der Waals surface area contributed by atoms with Gasteiger partial charge in [0.05, 0.1) is 24.3 Å². The first-order valence-electron chi connectivity index (χ1n) is 11.1. The Morgan fingerprint density at radius 2 is 1.94 bits per heavy atom. The highest BCUT2D eigenvalue weighted by atomic mass is 79.9. The molecule has 0 aromatic heterocycles. The fourth-order valence-electron chi connectivity index (χ4n) is 3.86. The van der Waals surface area contributed by atoms with Crippen molar-refractivity contribution in [2.75, 3.05) is 33.4 Å². The van der Waals surface area contributed by atoms with Crippen molar-refractivity contribution in [1.29, 1.82) is 0 Å². The molecule has 1 atom stereocenters. The Morgan fingerprint density at radius 3 is 2.53 bits per heavy atom. The van der Waals surface area contributed by atoms with Gasteiger partial charge < -0.3 is 29.1 Å². The predicted octanol–water partition coefficient (Wildman–Crippen LogP) is 4.64. The molecule has 2 rings (SSSR count). The molecule has 0 radical (unpaired) electrons. The Labute approximate surface area is 198 Å². The van der Waals surface area contributed by atoms with Crippen LogP contribution in [0.1, 0.15) is 57.3 Å². The van der Waals surface area contributed by atoms with Crippen molar-refractivity contribution in [3.8, 4) is 11.5 Å². The zero-order chi connectivity index (χ0) is 23.8. The molecule has 1 aliphatic heterocycles. The van der Waals surface area contributed by atoms with Crippen LogP contribution in [0.3, 0.4) is 0 Å². The summed E-state index contributed by atoms with van der Waals surface area (Å²) in [4.78, 5) is 28.3. The number of carbonyl (C=O) groups excluding carboxylic acids is 1. The molecule has 1 aliphatic rings. The molecule has 180 valence electrons. The number of carbonyl (C=O) groups is 2. The molecule has 0 bridgehead atoms. The average Bonchev–Trinajstić information content (AvgIpc) is 2.72. The van der Waals surface area contributed by atoms with Gasteiger partial charge in [-0.1, -0.05) is 0 Å². The summed E-state index contributed by atoms with van der Waals surface area (Å²) in [6.07, 6.45) is 1.20. The van der Waals surface area contributed by atoms with Crippen molar-refractivity contribution in [3.05, 3.63) is 22.2 Å². The van der Waals surface area contributed by atoms with E-state index in [2.05, 4.69) is 15.9 Å². The molecular formula is C23H35BrN2O6. The highest BCUT2D eigenvalue weighted by Gasteiger charge is 2.33. The van der Waals surface area contributed by atoms with Gasteiger partial charge in [-0.15, -0.1) is 0 Å². The zero-order valence-corrected chi connectivity index (χ0v) is 21.2. The molecule has 1 N–H and O–H groups in total. The smallest absolute Gasteiger partial charge is 0.407 e. The number of halogens is 1. The summed E-state index contributed by atoms with van der Waals surface area (Å²) >= 11 is 3.53. The van der Waals surface area contributed by atoms with E-state index in [-0.39, 0.29) is 24.1 Å². The maximum Gasteiger partial charge on any atom is 0.407 e. The van der Waals surface area contributed by atoms with Crippen LogP contribution in [-0.4, -0.2) is 78.5 Å². The number of hydrogen-bond acceptors (Lipinski definition) is 5. The molecule has 0 aliphatic carbocycles. The maximum atomic E-state index is 13.7. The summed E-state index contributed by atoms with van der Waals surface area (Å²) in [7, 11) is 1.64. The highest BCUT2D eigenvalue weighted by molar-refractivity contribution is 9.10. The molecular weight excluding hydrogens is 480 g/mol. The molecule has 0 saturated carbocycles. The van der Waals surface area contributed by atoms with E-state index in [0.29, 0.717) is 54.3 Å². The molecule has 8 nitrogen and oxygen atoms in total. The normalized spacial score (nSPS) is 16.4. The fourth-order valence-corrected chi connectivity index (χ4v) is 4.35.